The molecule has 0 radical (unpaired) electrons. The first kappa shape index (κ1) is 21.5. The summed E-state index contributed by atoms with van der Waals surface area (Å²) in [6.07, 6.45) is 7.12. The van der Waals surface area contributed by atoms with Crippen LogP contribution >= 0.6 is 23.1 Å². The number of thioether (sulfide) groups is 1. The van der Waals surface area contributed by atoms with Crippen molar-refractivity contribution in [3.63, 3.8) is 0 Å². The number of hydrogen-bond acceptors (Lipinski definition) is 6. The van der Waals surface area contributed by atoms with Crippen LogP contribution in [0, 0.1) is 11.3 Å². The SMILES string of the molecule is N#Cc1cc2c(nc1SCCC(=O)Nc1nc(-c3ccccc3)cs1)CCCCCC2. The van der Waals surface area contributed by atoms with E-state index in [4.69, 9.17) is 4.98 Å². The Morgan fingerprint density at radius 3 is 2.74 bits per heavy atom. The summed E-state index contributed by atoms with van der Waals surface area (Å²) in [7, 11) is 0. The number of hydrogen-bond donors (Lipinski definition) is 1. The van der Waals surface area contributed by atoms with Crippen LogP contribution in [0.5, 0.6) is 0 Å². The van der Waals surface area contributed by atoms with E-state index in [1.165, 1.54) is 41.5 Å². The van der Waals surface area contributed by atoms with Gasteiger partial charge in [-0.15, -0.1) is 23.1 Å². The maximum Gasteiger partial charge on any atom is 0.226 e. The van der Waals surface area contributed by atoms with E-state index < -0.39 is 0 Å². The molecule has 1 aliphatic rings. The summed E-state index contributed by atoms with van der Waals surface area (Å²) in [5.41, 5.74) is 4.86. The van der Waals surface area contributed by atoms with Gasteiger partial charge in [0.15, 0.2) is 5.13 Å². The number of aromatic nitrogens is 2. The summed E-state index contributed by atoms with van der Waals surface area (Å²) >= 11 is 2.91. The predicted molar refractivity (Wildman–Crippen MR) is 126 cm³/mol. The molecule has 0 fully saturated rings. The van der Waals surface area contributed by atoms with Crippen LogP contribution in [0.1, 0.15) is 48.9 Å². The summed E-state index contributed by atoms with van der Waals surface area (Å²) in [6, 6.07) is 14.2. The number of pyridine rings is 1. The highest BCUT2D eigenvalue weighted by molar-refractivity contribution is 7.99. The number of nitrogens with zero attached hydrogens (tertiary/aromatic N) is 3. The van der Waals surface area contributed by atoms with E-state index in [2.05, 4.69) is 16.4 Å². The molecule has 0 saturated heterocycles. The quantitative estimate of drug-likeness (QED) is 0.478. The molecule has 158 valence electrons. The number of nitrogens with one attached hydrogen (secondary N) is 1. The minimum Gasteiger partial charge on any atom is -0.302 e. The van der Waals surface area contributed by atoms with Crippen LogP contribution in [0.15, 0.2) is 46.8 Å². The molecule has 0 aliphatic heterocycles. The Bertz CT molecular complexity index is 1090. The Hall–Kier alpha value is -2.69. The molecule has 2 heterocycles. The monoisotopic (exact) mass is 448 g/mol. The first-order chi connectivity index (χ1) is 15.2. The zero-order valence-corrected chi connectivity index (χ0v) is 18.9. The molecule has 1 amide bonds. The van der Waals surface area contributed by atoms with Crippen molar-refractivity contribution >= 4 is 34.1 Å². The lowest BCUT2D eigenvalue weighted by Crippen LogP contribution is -2.12. The average Bonchev–Trinajstić information content (AvgIpc) is 3.23. The largest absolute Gasteiger partial charge is 0.302 e. The van der Waals surface area contributed by atoms with Crippen LogP contribution < -0.4 is 5.32 Å². The molecule has 0 spiro atoms. The summed E-state index contributed by atoms with van der Waals surface area (Å²) in [6.45, 7) is 0. The summed E-state index contributed by atoms with van der Waals surface area (Å²) in [4.78, 5) is 21.7. The molecule has 7 heteroatoms. The lowest BCUT2D eigenvalue weighted by atomic mass is 9.96. The number of fused-ring (bicyclic) bond motifs is 1. The van der Waals surface area contributed by atoms with Gasteiger partial charge in [0.05, 0.1) is 11.3 Å². The highest BCUT2D eigenvalue weighted by Crippen LogP contribution is 2.28. The van der Waals surface area contributed by atoms with Crippen molar-refractivity contribution in [2.45, 2.75) is 50.0 Å². The second-order valence-corrected chi connectivity index (χ2v) is 9.47. The topological polar surface area (TPSA) is 78.7 Å². The fraction of sp³-hybridized carbons (Fsp3) is 0.333. The number of anilines is 1. The number of nitriles is 1. The summed E-state index contributed by atoms with van der Waals surface area (Å²) < 4.78 is 0. The van der Waals surface area contributed by atoms with Gasteiger partial charge in [0, 0.05) is 28.8 Å². The molecule has 0 unspecified atom stereocenters. The van der Waals surface area contributed by atoms with Gasteiger partial charge in [-0.1, -0.05) is 43.2 Å². The van der Waals surface area contributed by atoms with Crippen molar-refractivity contribution < 1.29 is 4.79 Å². The normalized spacial score (nSPS) is 13.5. The zero-order chi connectivity index (χ0) is 21.5. The van der Waals surface area contributed by atoms with Gasteiger partial charge < -0.3 is 5.32 Å². The number of thiazole rings is 1. The standard InChI is InChI=1S/C24H24N4OS2/c25-15-19-14-18-10-4-1-2-7-11-20(18)26-23(19)30-13-12-22(29)28-24-27-21(16-31-24)17-8-5-3-6-9-17/h3,5-6,8-9,14,16H,1-2,4,7,10-13H2,(H,27,28,29). The Labute approximate surface area is 190 Å². The maximum atomic E-state index is 12.4. The van der Waals surface area contributed by atoms with Crippen LogP contribution in [0.4, 0.5) is 5.13 Å². The van der Waals surface area contributed by atoms with Gasteiger partial charge in [-0.3, -0.25) is 4.79 Å². The van der Waals surface area contributed by atoms with Gasteiger partial charge in [-0.2, -0.15) is 5.26 Å². The lowest BCUT2D eigenvalue weighted by molar-refractivity contribution is -0.115. The second kappa shape index (κ2) is 10.6. The van der Waals surface area contributed by atoms with Gasteiger partial charge in [0.25, 0.3) is 0 Å². The number of carbonyl (C=O) groups is 1. The number of carbonyl (C=O) groups excluding carboxylic acids is 1. The van der Waals surface area contributed by atoms with Crippen LogP contribution in [0.3, 0.4) is 0 Å². The van der Waals surface area contributed by atoms with E-state index in [0.29, 0.717) is 22.9 Å². The Kier molecular flexibility index (Phi) is 7.34. The molecule has 0 saturated carbocycles. The van der Waals surface area contributed by atoms with Crippen LogP contribution in [-0.2, 0) is 17.6 Å². The third kappa shape index (κ3) is 5.72. The zero-order valence-electron chi connectivity index (χ0n) is 17.3. The molecule has 1 aliphatic carbocycles. The average molecular weight is 449 g/mol. The molecule has 1 N–H and O–H groups in total. The van der Waals surface area contributed by atoms with E-state index in [1.807, 2.05) is 41.8 Å². The molecule has 3 aromatic rings. The fourth-order valence-electron chi connectivity index (χ4n) is 3.65. The molecule has 0 atom stereocenters. The maximum absolute atomic E-state index is 12.4. The minimum absolute atomic E-state index is 0.0776. The molecule has 4 rings (SSSR count). The molecule has 31 heavy (non-hydrogen) atoms. The second-order valence-electron chi connectivity index (χ2n) is 7.52. The number of aryl methyl sites for hydroxylation is 2. The van der Waals surface area contributed by atoms with Gasteiger partial charge in [0.1, 0.15) is 11.1 Å². The van der Waals surface area contributed by atoms with Crippen LogP contribution in [0.2, 0.25) is 0 Å². The fourth-order valence-corrected chi connectivity index (χ4v) is 5.30. The van der Waals surface area contributed by atoms with Crippen molar-refractivity contribution in [3.05, 3.63) is 58.6 Å². The summed E-state index contributed by atoms with van der Waals surface area (Å²) in [5.74, 6) is 0.495. The molecule has 5 nitrogen and oxygen atoms in total. The smallest absolute Gasteiger partial charge is 0.226 e. The van der Waals surface area contributed by atoms with Crippen LogP contribution in [0.25, 0.3) is 11.3 Å². The first-order valence-electron chi connectivity index (χ1n) is 10.6. The molecule has 0 bridgehead atoms. The third-order valence-corrected chi connectivity index (χ3v) is 7.02. The van der Waals surface area contributed by atoms with Gasteiger partial charge in [-0.05, 0) is 37.3 Å². The number of rotatable bonds is 6. The van der Waals surface area contributed by atoms with Crippen molar-refractivity contribution in [2.24, 2.45) is 0 Å². The molecular formula is C24H24N4OS2. The van der Waals surface area contributed by atoms with E-state index in [1.54, 1.807) is 0 Å². The first-order valence-corrected chi connectivity index (χ1v) is 12.5. The lowest BCUT2D eigenvalue weighted by Gasteiger charge is -2.15. The van der Waals surface area contributed by atoms with E-state index in [0.717, 1.165) is 47.7 Å². The van der Waals surface area contributed by atoms with E-state index >= 15 is 0 Å². The van der Waals surface area contributed by atoms with Crippen molar-refractivity contribution in [3.8, 4) is 17.3 Å². The number of amides is 1. The van der Waals surface area contributed by atoms with Gasteiger partial charge >= 0.3 is 0 Å². The van der Waals surface area contributed by atoms with Crippen molar-refractivity contribution in [1.82, 2.24) is 9.97 Å². The predicted octanol–water partition coefficient (Wildman–Crippen LogP) is 5.86. The van der Waals surface area contributed by atoms with E-state index in [-0.39, 0.29) is 5.91 Å². The van der Waals surface area contributed by atoms with Crippen LogP contribution in [-0.4, -0.2) is 21.6 Å². The van der Waals surface area contributed by atoms with Crippen molar-refractivity contribution in [1.29, 1.82) is 5.26 Å². The van der Waals surface area contributed by atoms with Crippen molar-refractivity contribution in [2.75, 3.05) is 11.1 Å². The Balaban J connectivity index is 1.34. The third-order valence-electron chi connectivity index (χ3n) is 5.27. The molecule has 2 aromatic heterocycles. The molecular weight excluding hydrogens is 424 g/mol. The van der Waals surface area contributed by atoms with E-state index in [9.17, 15) is 10.1 Å². The Morgan fingerprint density at radius 2 is 1.94 bits per heavy atom. The molecule has 1 aromatic carbocycles. The minimum atomic E-state index is -0.0776. The number of benzene rings is 1. The highest BCUT2D eigenvalue weighted by Gasteiger charge is 2.15. The highest BCUT2D eigenvalue weighted by atomic mass is 32.2. The Morgan fingerprint density at radius 1 is 1.13 bits per heavy atom. The van der Waals surface area contributed by atoms with Gasteiger partial charge in [-0.25, -0.2) is 9.97 Å². The van der Waals surface area contributed by atoms with Gasteiger partial charge in [0.2, 0.25) is 5.91 Å². The summed E-state index contributed by atoms with van der Waals surface area (Å²) in [5, 5.41) is 15.7.